The maximum absolute atomic E-state index is 11.9. The molecule has 2 rings (SSSR count). The van der Waals surface area contributed by atoms with Gasteiger partial charge in [-0.2, -0.15) is 5.26 Å². The van der Waals surface area contributed by atoms with Crippen LogP contribution < -0.4 is 10.9 Å². The summed E-state index contributed by atoms with van der Waals surface area (Å²) >= 11 is 3.26. The van der Waals surface area contributed by atoms with Gasteiger partial charge in [-0.1, -0.05) is 18.2 Å². The second-order valence-corrected chi connectivity index (χ2v) is 4.94. The first kappa shape index (κ1) is 14.8. The molecule has 0 aromatic heterocycles. The van der Waals surface area contributed by atoms with Gasteiger partial charge in [-0.25, -0.2) is 0 Å². The molecule has 0 aliphatic rings. The Morgan fingerprint density at radius 1 is 1.00 bits per heavy atom. The summed E-state index contributed by atoms with van der Waals surface area (Å²) in [7, 11) is 0. The summed E-state index contributed by atoms with van der Waals surface area (Å²) in [5.41, 5.74) is 5.71. The molecule has 0 bridgehead atoms. The van der Waals surface area contributed by atoms with Gasteiger partial charge < -0.3 is 0 Å². The molecule has 21 heavy (non-hydrogen) atoms. The van der Waals surface area contributed by atoms with Crippen molar-refractivity contribution in [3.63, 3.8) is 0 Å². The van der Waals surface area contributed by atoms with Crippen molar-refractivity contribution >= 4 is 27.7 Å². The highest BCUT2D eigenvalue weighted by Gasteiger charge is 2.11. The van der Waals surface area contributed by atoms with Crippen molar-refractivity contribution < 1.29 is 9.59 Å². The number of amides is 2. The molecule has 2 amide bonds. The first-order chi connectivity index (χ1) is 10.1. The van der Waals surface area contributed by atoms with Crippen LogP contribution in [0.4, 0.5) is 0 Å². The maximum atomic E-state index is 11.9. The number of benzene rings is 2. The monoisotopic (exact) mass is 343 g/mol. The lowest BCUT2D eigenvalue weighted by atomic mass is 10.1. The molecule has 0 spiro atoms. The van der Waals surface area contributed by atoms with Crippen LogP contribution in [-0.2, 0) is 0 Å². The van der Waals surface area contributed by atoms with Gasteiger partial charge in [0.15, 0.2) is 0 Å². The normalized spacial score (nSPS) is 9.52. The van der Waals surface area contributed by atoms with E-state index in [1.807, 2.05) is 6.07 Å². The highest BCUT2D eigenvalue weighted by molar-refractivity contribution is 9.10. The van der Waals surface area contributed by atoms with Crippen LogP contribution in [0.5, 0.6) is 0 Å². The van der Waals surface area contributed by atoms with Gasteiger partial charge in [0.25, 0.3) is 11.8 Å². The number of hydrogen-bond acceptors (Lipinski definition) is 3. The lowest BCUT2D eigenvalue weighted by Crippen LogP contribution is -2.41. The molecule has 0 unspecified atom stereocenters. The number of nitrogens with one attached hydrogen (secondary N) is 2. The Bertz CT molecular complexity index is 738. The average molecular weight is 344 g/mol. The van der Waals surface area contributed by atoms with Crippen LogP contribution in [0.1, 0.15) is 26.3 Å². The Kier molecular flexibility index (Phi) is 4.69. The summed E-state index contributed by atoms with van der Waals surface area (Å²) < 4.78 is 0.628. The molecule has 0 saturated heterocycles. The van der Waals surface area contributed by atoms with E-state index in [1.165, 1.54) is 6.07 Å². The van der Waals surface area contributed by atoms with Crippen molar-refractivity contribution in [3.05, 3.63) is 69.7 Å². The second kappa shape index (κ2) is 6.68. The Balaban J connectivity index is 2.03. The molecule has 0 fully saturated rings. The Morgan fingerprint density at radius 2 is 1.71 bits per heavy atom. The summed E-state index contributed by atoms with van der Waals surface area (Å²) in [6.07, 6.45) is 0. The van der Waals surface area contributed by atoms with Crippen molar-refractivity contribution in [3.8, 4) is 6.07 Å². The van der Waals surface area contributed by atoms with Crippen LogP contribution in [0.15, 0.2) is 53.0 Å². The van der Waals surface area contributed by atoms with Gasteiger partial charge >= 0.3 is 0 Å². The van der Waals surface area contributed by atoms with E-state index in [0.717, 1.165) is 0 Å². The van der Waals surface area contributed by atoms with Gasteiger partial charge in [0.05, 0.1) is 17.2 Å². The SMILES string of the molecule is N#Cc1cccc(C(=O)NNC(=O)c2ccccc2Br)c1. The Labute approximate surface area is 129 Å². The van der Waals surface area contributed by atoms with Crippen molar-refractivity contribution in [2.45, 2.75) is 0 Å². The van der Waals surface area contributed by atoms with E-state index in [2.05, 4.69) is 26.8 Å². The van der Waals surface area contributed by atoms with Gasteiger partial charge in [0.1, 0.15) is 0 Å². The predicted molar refractivity (Wildman–Crippen MR) is 80.2 cm³/mol. The van der Waals surface area contributed by atoms with Crippen LogP contribution in [-0.4, -0.2) is 11.8 Å². The van der Waals surface area contributed by atoms with E-state index in [4.69, 9.17) is 5.26 Å². The minimum absolute atomic E-state index is 0.293. The number of carbonyl (C=O) groups excluding carboxylic acids is 2. The first-order valence-corrected chi connectivity index (χ1v) is 6.76. The molecule has 0 aliphatic carbocycles. The van der Waals surface area contributed by atoms with Crippen molar-refractivity contribution in [2.24, 2.45) is 0 Å². The standard InChI is InChI=1S/C15H10BrN3O2/c16-13-7-2-1-6-12(13)15(21)19-18-14(20)11-5-3-4-10(8-11)9-17/h1-8H,(H,18,20)(H,19,21). The smallest absolute Gasteiger partial charge is 0.267 e. The summed E-state index contributed by atoms with van der Waals surface area (Å²) in [6, 6.07) is 15.0. The quantitative estimate of drug-likeness (QED) is 0.821. The molecule has 0 aliphatic heterocycles. The lowest BCUT2D eigenvalue weighted by Gasteiger charge is -2.08. The first-order valence-electron chi connectivity index (χ1n) is 5.97. The highest BCUT2D eigenvalue weighted by atomic mass is 79.9. The third-order valence-electron chi connectivity index (χ3n) is 2.66. The number of hydrogen-bond donors (Lipinski definition) is 2. The van der Waals surface area contributed by atoms with Crippen molar-refractivity contribution in [1.82, 2.24) is 10.9 Å². The molecule has 2 N–H and O–H groups in total. The molecule has 5 nitrogen and oxygen atoms in total. The van der Waals surface area contributed by atoms with Crippen molar-refractivity contribution in [2.75, 3.05) is 0 Å². The molecule has 0 atom stereocenters. The summed E-state index contributed by atoms with van der Waals surface area (Å²) in [5, 5.41) is 8.78. The lowest BCUT2D eigenvalue weighted by molar-refractivity contribution is 0.0846. The van der Waals surface area contributed by atoms with E-state index < -0.39 is 11.8 Å². The number of halogens is 1. The molecular formula is C15H10BrN3O2. The van der Waals surface area contributed by atoms with Gasteiger partial charge in [-0.05, 0) is 46.3 Å². The van der Waals surface area contributed by atoms with E-state index in [-0.39, 0.29) is 0 Å². The fourth-order valence-corrected chi connectivity index (χ4v) is 2.09. The molecule has 0 radical (unpaired) electrons. The fraction of sp³-hybridized carbons (Fsp3) is 0. The molecular weight excluding hydrogens is 334 g/mol. The summed E-state index contributed by atoms with van der Waals surface area (Å²) in [5.74, 6) is -0.931. The predicted octanol–water partition coefficient (Wildman–Crippen LogP) is 2.40. The van der Waals surface area contributed by atoms with Gasteiger partial charge in [0, 0.05) is 10.0 Å². The second-order valence-electron chi connectivity index (χ2n) is 4.08. The third-order valence-corrected chi connectivity index (χ3v) is 3.35. The number of carbonyl (C=O) groups is 2. The minimum Gasteiger partial charge on any atom is -0.267 e. The summed E-state index contributed by atoms with van der Waals surface area (Å²) in [4.78, 5) is 23.8. The zero-order valence-corrected chi connectivity index (χ0v) is 12.3. The molecule has 0 heterocycles. The largest absolute Gasteiger partial charge is 0.270 e. The average Bonchev–Trinajstić information content (AvgIpc) is 2.52. The van der Waals surface area contributed by atoms with Gasteiger partial charge in [0.2, 0.25) is 0 Å². The zero-order chi connectivity index (χ0) is 15.2. The van der Waals surface area contributed by atoms with Crippen LogP contribution in [0.3, 0.4) is 0 Å². The van der Waals surface area contributed by atoms with Gasteiger partial charge in [-0.15, -0.1) is 0 Å². The highest BCUT2D eigenvalue weighted by Crippen LogP contribution is 2.15. The van der Waals surface area contributed by atoms with E-state index >= 15 is 0 Å². The van der Waals surface area contributed by atoms with Crippen LogP contribution >= 0.6 is 15.9 Å². The number of nitriles is 1. The van der Waals surface area contributed by atoms with E-state index in [0.29, 0.717) is 21.2 Å². The minimum atomic E-state index is -0.493. The van der Waals surface area contributed by atoms with Crippen molar-refractivity contribution in [1.29, 1.82) is 5.26 Å². The number of hydrazine groups is 1. The zero-order valence-electron chi connectivity index (χ0n) is 10.8. The topological polar surface area (TPSA) is 82.0 Å². The molecule has 6 heteroatoms. The Morgan fingerprint density at radius 3 is 2.43 bits per heavy atom. The maximum Gasteiger partial charge on any atom is 0.270 e. The number of rotatable bonds is 2. The van der Waals surface area contributed by atoms with Crippen LogP contribution in [0.25, 0.3) is 0 Å². The number of nitrogens with zero attached hydrogens (tertiary/aromatic N) is 1. The third kappa shape index (κ3) is 3.68. The molecule has 0 saturated carbocycles. The van der Waals surface area contributed by atoms with Gasteiger partial charge in [-0.3, -0.25) is 20.4 Å². The fourth-order valence-electron chi connectivity index (χ4n) is 1.63. The summed E-state index contributed by atoms with van der Waals surface area (Å²) in [6.45, 7) is 0. The van der Waals surface area contributed by atoms with Crippen LogP contribution in [0.2, 0.25) is 0 Å². The molecule has 2 aromatic carbocycles. The van der Waals surface area contributed by atoms with E-state index in [9.17, 15) is 9.59 Å². The molecule has 2 aromatic rings. The van der Waals surface area contributed by atoms with E-state index in [1.54, 1.807) is 42.5 Å². The van der Waals surface area contributed by atoms with Crippen LogP contribution in [0, 0.1) is 11.3 Å². The molecule has 104 valence electrons. The Hall–Kier alpha value is -2.65.